The smallest absolute Gasteiger partial charge is 0.320 e. The highest BCUT2D eigenvalue weighted by Crippen LogP contribution is 2.26. The van der Waals surface area contributed by atoms with Crippen molar-refractivity contribution in [3.05, 3.63) is 0 Å². The summed E-state index contributed by atoms with van der Waals surface area (Å²) in [4.78, 5) is 27.0. The molecular formula is C14H24N2O3. The Bertz CT molecular complexity index is 359. The number of urea groups is 1. The third-order valence-corrected chi connectivity index (χ3v) is 4.64. The molecule has 0 aromatic rings. The Morgan fingerprint density at radius 3 is 2.53 bits per heavy atom. The second-order valence-electron chi connectivity index (χ2n) is 6.06. The van der Waals surface area contributed by atoms with Gasteiger partial charge in [-0.3, -0.25) is 4.79 Å². The number of carbonyl (C=O) groups is 2. The van der Waals surface area contributed by atoms with Crippen molar-refractivity contribution in [3.63, 3.8) is 0 Å². The van der Waals surface area contributed by atoms with Crippen LogP contribution in [0.15, 0.2) is 0 Å². The molecular weight excluding hydrogens is 244 g/mol. The average Bonchev–Trinajstić information content (AvgIpc) is 2.79. The lowest BCUT2D eigenvalue weighted by Gasteiger charge is -2.38. The number of rotatable bonds is 2. The maximum Gasteiger partial charge on any atom is 0.320 e. The van der Waals surface area contributed by atoms with E-state index in [1.165, 1.54) is 0 Å². The van der Waals surface area contributed by atoms with E-state index in [4.69, 9.17) is 5.11 Å². The van der Waals surface area contributed by atoms with Crippen LogP contribution in [0.5, 0.6) is 0 Å². The molecule has 0 bridgehead atoms. The van der Waals surface area contributed by atoms with Crippen LogP contribution in [0, 0.1) is 11.8 Å². The van der Waals surface area contributed by atoms with Crippen LogP contribution >= 0.6 is 0 Å². The molecule has 2 fully saturated rings. The van der Waals surface area contributed by atoms with E-state index >= 15 is 0 Å². The molecule has 5 heteroatoms. The van der Waals surface area contributed by atoms with Crippen LogP contribution in [0.2, 0.25) is 0 Å². The van der Waals surface area contributed by atoms with E-state index < -0.39 is 5.97 Å². The zero-order valence-corrected chi connectivity index (χ0v) is 11.8. The summed E-state index contributed by atoms with van der Waals surface area (Å²) in [6.45, 7) is 6.73. The predicted octanol–water partition coefficient (Wildman–Crippen LogP) is 2.02. The van der Waals surface area contributed by atoms with E-state index in [0.29, 0.717) is 18.4 Å². The highest BCUT2D eigenvalue weighted by Gasteiger charge is 2.35. The van der Waals surface area contributed by atoms with Gasteiger partial charge in [0.25, 0.3) is 0 Å². The van der Waals surface area contributed by atoms with Gasteiger partial charge >= 0.3 is 12.0 Å². The maximum atomic E-state index is 12.5. The first-order valence-corrected chi connectivity index (χ1v) is 7.26. The lowest BCUT2D eigenvalue weighted by molar-refractivity contribution is -0.138. The minimum Gasteiger partial charge on any atom is -0.481 e. The van der Waals surface area contributed by atoms with E-state index in [0.717, 1.165) is 32.4 Å². The van der Waals surface area contributed by atoms with Crippen molar-refractivity contribution in [2.45, 2.75) is 45.6 Å². The molecule has 3 unspecified atom stereocenters. The summed E-state index contributed by atoms with van der Waals surface area (Å²) >= 11 is 0. The van der Waals surface area contributed by atoms with Gasteiger partial charge in [-0.05, 0) is 31.1 Å². The molecule has 2 aliphatic heterocycles. The molecule has 0 aromatic carbocycles. The van der Waals surface area contributed by atoms with E-state index in [1.54, 1.807) is 4.90 Å². The Balaban J connectivity index is 1.96. The number of carboxylic acid groups (broad SMARTS) is 1. The Morgan fingerprint density at radius 1 is 1.16 bits per heavy atom. The third kappa shape index (κ3) is 3.19. The van der Waals surface area contributed by atoms with Crippen molar-refractivity contribution in [1.82, 2.24) is 9.80 Å². The van der Waals surface area contributed by atoms with E-state index in [9.17, 15) is 9.59 Å². The van der Waals surface area contributed by atoms with Gasteiger partial charge in [-0.25, -0.2) is 4.79 Å². The van der Waals surface area contributed by atoms with Crippen molar-refractivity contribution in [1.29, 1.82) is 0 Å². The number of nitrogens with zero attached hydrogens (tertiary/aromatic N) is 2. The largest absolute Gasteiger partial charge is 0.481 e. The quantitative estimate of drug-likeness (QED) is 0.833. The molecule has 2 amide bonds. The summed E-state index contributed by atoms with van der Waals surface area (Å²) in [6, 6.07) is -0.0674. The Kier molecular flexibility index (Phi) is 4.32. The van der Waals surface area contributed by atoms with Crippen LogP contribution in [0.4, 0.5) is 4.79 Å². The molecule has 0 spiro atoms. The van der Waals surface area contributed by atoms with Crippen molar-refractivity contribution < 1.29 is 14.7 Å². The molecule has 2 rings (SSSR count). The van der Waals surface area contributed by atoms with Crippen molar-refractivity contribution in [2.75, 3.05) is 19.6 Å². The lowest BCUT2D eigenvalue weighted by Crippen LogP contribution is -2.50. The minimum atomic E-state index is -0.815. The number of likely N-dealkylation sites (tertiary alicyclic amines) is 2. The fourth-order valence-electron chi connectivity index (χ4n) is 3.12. The Labute approximate surface area is 114 Å². The summed E-state index contributed by atoms with van der Waals surface area (Å²) in [7, 11) is 0. The van der Waals surface area contributed by atoms with Gasteiger partial charge < -0.3 is 14.9 Å². The number of hydrogen-bond acceptors (Lipinski definition) is 2. The second-order valence-corrected chi connectivity index (χ2v) is 6.06. The standard InChI is InChI=1S/C14H24N2O3/c1-10-5-7-15(9-11(10)2)14(19)16-6-3-4-12(16)8-13(17)18/h10-12H,3-9H2,1-2H3,(H,17,18). The maximum absolute atomic E-state index is 12.5. The van der Waals surface area contributed by atoms with Gasteiger partial charge in [-0.15, -0.1) is 0 Å². The molecule has 5 nitrogen and oxygen atoms in total. The number of carbonyl (C=O) groups excluding carboxylic acids is 1. The zero-order valence-electron chi connectivity index (χ0n) is 11.8. The second kappa shape index (κ2) is 5.80. The lowest BCUT2D eigenvalue weighted by atomic mass is 9.89. The van der Waals surface area contributed by atoms with Gasteiger partial charge in [0.2, 0.25) is 0 Å². The Morgan fingerprint density at radius 2 is 1.89 bits per heavy atom. The molecule has 0 aromatic heterocycles. The molecule has 1 N–H and O–H groups in total. The van der Waals surface area contributed by atoms with Crippen LogP contribution in [0.3, 0.4) is 0 Å². The van der Waals surface area contributed by atoms with Crippen molar-refractivity contribution in [3.8, 4) is 0 Å². The summed E-state index contributed by atoms with van der Waals surface area (Å²) < 4.78 is 0. The fourth-order valence-corrected chi connectivity index (χ4v) is 3.12. The fraction of sp³-hybridized carbons (Fsp3) is 0.857. The molecule has 19 heavy (non-hydrogen) atoms. The van der Waals surface area contributed by atoms with Crippen molar-refractivity contribution in [2.24, 2.45) is 11.8 Å². The van der Waals surface area contributed by atoms with Crippen LogP contribution in [0.1, 0.15) is 39.5 Å². The van der Waals surface area contributed by atoms with Gasteiger partial charge in [-0.2, -0.15) is 0 Å². The van der Waals surface area contributed by atoms with Crippen molar-refractivity contribution >= 4 is 12.0 Å². The normalized spacial score (nSPS) is 31.6. The van der Waals surface area contributed by atoms with Gasteiger partial charge in [0, 0.05) is 25.7 Å². The van der Waals surface area contributed by atoms with Gasteiger partial charge in [-0.1, -0.05) is 13.8 Å². The number of carboxylic acids is 1. The predicted molar refractivity (Wildman–Crippen MR) is 71.9 cm³/mol. The highest BCUT2D eigenvalue weighted by molar-refractivity contribution is 5.76. The molecule has 0 radical (unpaired) electrons. The molecule has 0 aliphatic carbocycles. The van der Waals surface area contributed by atoms with E-state index in [1.807, 2.05) is 4.90 Å². The summed E-state index contributed by atoms with van der Waals surface area (Å²) in [5.74, 6) is 0.376. The molecule has 2 saturated heterocycles. The van der Waals surface area contributed by atoms with Crippen LogP contribution in [-0.4, -0.2) is 52.6 Å². The van der Waals surface area contributed by atoms with Crippen LogP contribution in [-0.2, 0) is 4.79 Å². The van der Waals surface area contributed by atoms with Gasteiger partial charge in [0.05, 0.1) is 6.42 Å². The number of amides is 2. The summed E-state index contributed by atoms with van der Waals surface area (Å²) in [6.07, 6.45) is 2.86. The third-order valence-electron chi connectivity index (χ3n) is 4.64. The molecule has 2 aliphatic rings. The number of hydrogen-bond donors (Lipinski definition) is 1. The summed E-state index contributed by atoms with van der Waals surface area (Å²) in [5, 5.41) is 8.91. The van der Waals surface area contributed by atoms with E-state index in [-0.39, 0.29) is 18.5 Å². The summed E-state index contributed by atoms with van der Waals surface area (Å²) in [5.41, 5.74) is 0. The zero-order chi connectivity index (χ0) is 14.0. The topological polar surface area (TPSA) is 60.9 Å². The monoisotopic (exact) mass is 268 g/mol. The van der Waals surface area contributed by atoms with Crippen LogP contribution < -0.4 is 0 Å². The Hall–Kier alpha value is -1.26. The first kappa shape index (κ1) is 14.2. The first-order chi connectivity index (χ1) is 8.99. The molecule has 108 valence electrons. The number of aliphatic carboxylic acids is 1. The number of piperidine rings is 1. The SMILES string of the molecule is CC1CCN(C(=O)N2CCCC2CC(=O)O)CC1C. The highest BCUT2D eigenvalue weighted by atomic mass is 16.4. The minimum absolute atomic E-state index is 0.0440. The van der Waals surface area contributed by atoms with Gasteiger partial charge in [0.1, 0.15) is 0 Å². The van der Waals surface area contributed by atoms with Gasteiger partial charge in [0.15, 0.2) is 0 Å². The molecule has 3 atom stereocenters. The molecule has 2 heterocycles. The van der Waals surface area contributed by atoms with Crippen LogP contribution in [0.25, 0.3) is 0 Å². The first-order valence-electron chi connectivity index (χ1n) is 7.26. The molecule has 0 saturated carbocycles. The average molecular weight is 268 g/mol. The van der Waals surface area contributed by atoms with E-state index in [2.05, 4.69) is 13.8 Å².